The van der Waals surface area contributed by atoms with Gasteiger partial charge in [0.1, 0.15) is 11.4 Å². The number of hydrogen-bond donors (Lipinski definition) is 2. The van der Waals surface area contributed by atoms with E-state index in [1.54, 1.807) is 6.07 Å². The van der Waals surface area contributed by atoms with Crippen molar-refractivity contribution in [3.63, 3.8) is 0 Å². The maximum absolute atomic E-state index is 11.8. The fourth-order valence-corrected chi connectivity index (χ4v) is 2.13. The Morgan fingerprint density at radius 1 is 1.38 bits per heavy atom. The largest absolute Gasteiger partial charge is 0.465 e. The van der Waals surface area contributed by atoms with E-state index < -0.39 is 5.97 Å². The first-order chi connectivity index (χ1) is 10.2. The Kier molecular flexibility index (Phi) is 4.77. The molecule has 1 aromatic carbocycles. The van der Waals surface area contributed by atoms with Crippen LogP contribution in [-0.4, -0.2) is 18.1 Å². The van der Waals surface area contributed by atoms with Crippen molar-refractivity contribution in [1.29, 1.82) is 0 Å². The van der Waals surface area contributed by atoms with E-state index in [4.69, 9.17) is 10.5 Å². The van der Waals surface area contributed by atoms with Gasteiger partial charge in [-0.2, -0.15) is 0 Å². The molecular weight excluding hydrogens is 266 g/mol. The maximum atomic E-state index is 11.8. The van der Waals surface area contributed by atoms with Crippen molar-refractivity contribution in [2.75, 3.05) is 18.2 Å². The summed E-state index contributed by atoms with van der Waals surface area (Å²) in [5, 5.41) is 3.29. The van der Waals surface area contributed by atoms with Crippen LogP contribution in [0.2, 0.25) is 0 Å². The Morgan fingerprint density at radius 3 is 2.71 bits per heavy atom. The van der Waals surface area contributed by atoms with Crippen molar-refractivity contribution in [3.05, 3.63) is 53.7 Å². The van der Waals surface area contributed by atoms with Crippen molar-refractivity contribution in [1.82, 2.24) is 4.98 Å². The van der Waals surface area contributed by atoms with Crippen molar-refractivity contribution >= 4 is 17.5 Å². The second kappa shape index (κ2) is 6.74. The summed E-state index contributed by atoms with van der Waals surface area (Å²) in [4.78, 5) is 16.1. The van der Waals surface area contributed by atoms with Gasteiger partial charge in [-0.15, -0.1) is 0 Å². The Balaban J connectivity index is 2.31. The lowest BCUT2D eigenvalue weighted by Gasteiger charge is -2.19. The van der Waals surface area contributed by atoms with Crippen LogP contribution < -0.4 is 11.1 Å². The monoisotopic (exact) mass is 285 g/mol. The summed E-state index contributed by atoms with van der Waals surface area (Å²) in [7, 11) is 1.34. The normalized spacial score (nSPS) is 11.7. The molecule has 0 aliphatic rings. The lowest BCUT2D eigenvalue weighted by molar-refractivity contribution is 0.0601. The molecule has 1 atom stereocenters. The second-order valence-corrected chi connectivity index (χ2v) is 4.67. The van der Waals surface area contributed by atoms with E-state index in [0.29, 0.717) is 17.1 Å². The highest BCUT2D eigenvalue weighted by Crippen LogP contribution is 2.24. The molecule has 1 unspecified atom stereocenters. The highest BCUT2D eigenvalue weighted by molar-refractivity contribution is 5.95. The number of pyridine rings is 1. The summed E-state index contributed by atoms with van der Waals surface area (Å²) >= 11 is 0. The number of carbonyl (C=O) groups is 1. The predicted molar refractivity (Wildman–Crippen MR) is 83.1 cm³/mol. The molecule has 0 aliphatic heterocycles. The molecule has 1 aromatic heterocycles. The molecule has 21 heavy (non-hydrogen) atoms. The summed E-state index contributed by atoms with van der Waals surface area (Å²) in [5.74, 6) is 0.0203. The van der Waals surface area contributed by atoms with Gasteiger partial charge in [0, 0.05) is 0 Å². The second-order valence-electron chi connectivity index (χ2n) is 4.67. The summed E-state index contributed by atoms with van der Waals surface area (Å²) < 4.78 is 4.78. The first-order valence-corrected chi connectivity index (χ1v) is 6.81. The lowest BCUT2D eigenvalue weighted by Crippen LogP contribution is -2.15. The quantitative estimate of drug-likeness (QED) is 0.826. The third-order valence-corrected chi connectivity index (χ3v) is 3.24. The van der Waals surface area contributed by atoms with Crippen LogP contribution in [-0.2, 0) is 4.74 Å². The lowest BCUT2D eigenvalue weighted by atomic mass is 10.0. The van der Waals surface area contributed by atoms with Crippen LogP contribution in [0.4, 0.5) is 11.5 Å². The van der Waals surface area contributed by atoms with Gasteiger partial charge >= 0.3 is 5.97 Å². The molecule has 3 N–H and O–H groups in total. The fraction of sp³-hybridized carbons (Fsp3) is 0.250. The molecule has 0 bridgehead atoms. The van der Waals surface area contributed by atoms with Crippen LogP contribution in [0.5, 0.6) is 0 Å². The average Bonchev–Trinajstić information content (AvgIpc) is 2.53. The van der Waals surface area contributed by atoms with Crippen molar-refractivity contribution in [2.45, 2.75) is 19.4 Å². The van der Waals surface area contributed by atoms with Gasteiger partial charge in [-0.25, -0.2) is 9.78 Å². The van der Waals surface area contributed by atoms with Gasteiger partial charge in [0.25, 0.3) is 0 Å². The van der Waals surface area contributed by atoms with Crippen LogP contribution in [0.3, 0.4) is 0 Å². The summed E-state index contributed by atoms with van der Waals surface area (Å²) in [5.41, 5.74) is 7.59. The predicted octanol–water partition coefficient (Wildman–Crippen LogP) is 3.01. The van der Waals surface area contributed by atoms with E-state index in [2.05, 4.69) is 17.2 Å². The number of methoxy groups -OCH3 is 1. The molecule has 5 heteroatoms. The molecule has 0 spiro atoms. The number of hydrogen-bond acceptors (Lipinski definition) is 5. The van der Waals surface area contributed by atoms with Crippen molar-refractivity contribution in [3.8, 4) is 0 Å². The Labute approximate surface area is 124 Å². The first kappa shape index (κ1) is 14.8. The molecule has 0 aliphatic carbocycles. The van der Waals surface area contributed by atoms with E-state index in [1.165, 1.54) is 13.3 Å². The third kappa shape index (κ3) is 3.51. The number of benzene rings is 1. The molecule has 2 rings (SSSR count). The molecule has 0 fully saturated rings. The van der Waals surface area contributed by atoms with Gasteiger partial charge in [-0.1, -0.05) is 37.3 Å². The SMILES string of the molecule is CCC(Nc1ncc(N)cc1C(=O)OC)c1ccccc1. The summed E-state index contributed by atoms with van der Waals surface area (Å²) in [6, 6.07) is 11.6. The number of carbonyl (C=O) groups excluding carboxylic acids is 1. The Bertz CT molecular complexity index is 614. The number of nitrogens with two attached hydrogens (primary N) is 1. The summed E-state index contributed by atoms with van der Waals surface area (Å²) in [6.07, 6.45) is 2.38. The smallest absolute Gasteiger partial charge is 0.341 e. The number of nitrogens with one attached hydrogen (secondary N) is 1. The fourth-order valence-electron chi connectivity index (χ4n) is 2.13. The number of ether oxygens (including phenoxy) is 1. The third-order valence-electron chi connectivity index (χ3n) is 3.24. The number of aromatic nitrogens is 1. The molecule has 0 amide bonds. The molecule has 0 radical (unpaired) electrons. The minimum atomic E-state index is -0.458. The Morgan fingerprint density at radius 2 is 2.10 bits per heavy atom. The van der Waals surface area contributed by atoms with Gasteiger partial charge < -0.3 is 15.8 Å². The zero-order chi connectivity index (χ0) is 15.2. The molecule has 1 heterocycles. The number of nitrogens with zero attached hydrogens (tertiary/aromatic N) is 1. The first-order valence-electron chi connectivity index (χ1n) is 6.81. The van der Waals surface area contributed by atoms with Gasteiger partial charge in [-0.3, -0.25) is 0 Å². The van der Waals surface area contributed by atoms with Crippen LogP contribution >= 0.6 is 0 Å². The summed E-state index contributed by atoms with van der Waals surface area (Å²) in [6.45, 7) is 2.07. The van der Waals surface area contributed by atoms with Crippen LogP contribution in [0.25, 0.3) is 0 Å². The molecule has 5 nitrogen and oxygen atoms in total. The van der Waals surface area contributed by atoms with E-state index in [0.717, 1.165) is 12.0 Å². The number of esters is 1. The topological polar surface area (TPSA) is 77.2 Å². The van der Waals surface area contributed by atoms with E-state index in [1.807, 2.05) is 30.3 Å². The van der Waals surface area contributed by atoms with Gasteiger partial charge in [0.2, 0.25) is 0 Å². The zero-order valence-electron chi connectivity index (χ0n) is 12.2. The number of nitrogen functional groups attached to an aromatic ring is 1. The minimum absolute atomic E-state index is 0.0609. The van der Waals surface area contributed by atoms with Crippen molar-refractivity contribution < 1.29 is 9.53 Å². The van der Waals surface area contributed by atoms with Crippen LogP contribution in [0.1, 0.15) is 35.3 Å². The van der Waals surface area contributed by atoms with Gasteiger partial charge in [0.05, 0.1) is 25.0 Å². The molecule has 0 saturated carbocycles. The maximum Gasteiger partial charge on any atom is 0.341 e. The number of rotatable bonds is 5. The zero-order valence-corrected chi connectivity index (χ0v) is 12.2. The van der Waals surface area contributed by atoms with Crippen LogP contribution in [0, 0.1) is 0 Å². The standard InChI is InChI=1S/C16H19N3O2/c1-3-14(11-7-5-4-6-8-11)19-15-13(16(20)21-2)9-12(17)10-18-15/h4-10,14H,3,17H2,1-2H3,(H,18,19). The minimum Gasteiger partial charge on any atom is -0.465 e. The van der Waals surface area contributed by atoms with E-state index in [9.17, 15) is 4.79 Å². The van der Waals surface area contributed by atoms with Crippen LogP contribution in [0.15, 0.2) is 42.6 Å². The molecule has 0 saturated heterocycles. The van der Waals surface area contributed by atoms with Gasteiger partial charge in [0.15, 0.2) is 0 Å². The van der Waals surface area contributed by atoms with Crippen molar-refractivity contribution in [2.24, 2.45) is 0 Å². The van der Waals surface area contributed by atoms with E-state index in [-0.39, 0.29) is 6.04 Å². The number of anilines is 2. The molecular formula is C16H19N3O2. The molecule has 2 aromatic rings. The highest BCUT2D eigenvalue weighted by Gasteiger charge is 2.17. The Hall–Kier alpha value is -2.56. The van der Waals surface area contributed by atoms with Gasteiger partial charge in [-0.05, 0) is 18.1 Å². The highest BCUT2D eigenvalue weighted by atomic mass is 16.5. The molecule has 110 valence electrons. The average molecular weight is 285 g/mol. The van der Waals surface area contributed by atoms with E-state index >= 15 is 0 Å².